The molecule has 1 amide bonds. The standard InChI is InChI=1S/C19H23N3O/c1-21-11-13-22(14-12-21)18-9-7-17(8-10-18)20-19(23)15-16-5-3-2-4-6-16/h2-10H,11-15H2,1H3,(H,20,23)/p+1. The highest BCUT2D eigenvalue weighted by molar-refractivity contribution is 5.92. The summed E-state index contributed by atoms with van der Waals surface area (Å²) < 4.78 is 0. The molecule has 1 heterocycles. The van der Waals surface area contributed by atoms with Gasteiger partial charge in [-0.05, 0) is 29.8 Å². The molecule has 1 saturated heterocycles. The lowest BCUT2D eigenvalue weighted by Gasteiger charge is -2.31. The van der Waals surface area contributed by atoms with Gasteiger partial charge in [-0.25, -0.2) is 0 Å². The van der Waals surface area contributed by atoms with Gasteiger partial charge in [0.15, 0.2) is 0 Å². The Balaban J connectivity index is 1.56. The van der Waals surface area contributed by atoms with E-state index in [-0.39, 0.29) is 5.91 Å². The van der Waals surface area contributed by atoms with Crippen molar-refractivity contribution in [3.05, 3.63) is 60.2 Å². The SMILES string of the molecule is C[NH+]1CCN(c2ccc(NC(=O)Cc3ccccc3)cc2)CC1. The van der Waals surface area contributed by atoms with E-state index in [2.05, 4.69) is 29.4 Å². The van der Waals surface area contributed by atoms with Crippen LogP contribution in [0.5, 0.6) is 0 Å². The van der Waals surface area contributed by atoms with Crippen LogP contribution in [0.15, 0.2) is 54.6 Å². The average Bonchev–Trinajstić information content (AvgIpc) is 2.57. The minimum absolute atomic E-state index is 0.0205. The maximum atomic E-state index is 12.1. The summed E-state index contributed by atoms with van der Waals surface area (Å²) in [5, 5.41) is 2.97. The monoisotopic (exact) mass is 310 g/mol. The van der Waals surface area contributed by atoms with Crippen LogP contribution in [0.25, 0.3) is 0 Å². The molecule has 0 bridgehead atoms. The van der Waals surface area contributed by atoms with Gasteiger partial charge in [0.05, 0.1) is 39.6 Å². The fourth-order valence-corrected chi connectivity index (χ4v) is 2.89. The number of anilines is 2. The summed E-state index contributed by atoms with van der Waals surface area (Å²) in [7, 11) is 2.24. The number of hydrogen-bond donors (Lipinski definition) is 2. The van der Waals surface area contributed by atoms with Crippen molar-refractivity contribution in [2.24, 2.45) is 0 Å². The van der Waals surface area contributed by atoms with Crippen molar-refractivity contribution < 1.29 is 9.69 Å². The Morgan fingerprint density at radius 3 is 2.35 bits per heavy atom. The Labute approximate surface area is 137 Å². The maximum absolute atomic E-state index is 12.1. The summed E-state index contributed by atoms with van der Waals surface area (Å²) in [4.78, 5) is 16.1. The number of carbonyl (C=O) groups excluding carboxylic acids is 1. The zero-order valence-electron chi connectivity index (χ0n) is 13.6. The fraction of sp³-hybridized carbons (Fsp3) is 0.316. The van der Waals surface area contributed by atoms with Crippen LogP contribution in [-0.2, 0) is 11.2 Å². The van der Waals surface area contributed by atoms with E-state index in [1.165, 1.54) is 18.8 Å². The largest absolute Gasteiger partial charge is 0.360 e. The third-order valence-corrected chi connectivity index (χ3v) is 4.34. The number of benzene rings is 2. The molecule has 4 heteroatoms. The van der Waals surface area contributed by atoms with Crippen molar-refractivity contribution in [2.75, 3.05) is 43.4 Å². The average molecular weight is 310 g/mol. The first-order valence-electron chi connectivity index (χ1n) is 8.21. The van der Waals surface area contributed by atoms with E-state index in [0.29, 0.717) is 6.42 Å². The number of carbonyl (C=O) groups is 1. The summed E-state index contributed by atoms with van der Waals surface area (Å²) in [6.07, 6.45) is 0.407. The molecule has 0 aliphatic carbocycles. The highest BCUT2D eigenvalue weighted by atomic mass is 16.1. The molecule has 3 rings (SSSR count). The van der Waals surface area contributed by atoms with Crippen molar-refractivity contribution >= 4 is 17.3 Å². The zero-order chi connectivity index (χ0) is 16.1. The number of nitrogens with one attached hydrogen (secondary N) is 2. The van der Waals surface area contributed by atoms with Gasteiger partial charge in [-0.1, -0.05) is 30.3 Å². The number of rotatable bonds is 4. The van der Waals surface area contributed by atoms with Gasteiger partial charge in [0, 0.05) is 11.4 Å². The molecular formula is C19H24N3O+. The van der Waals surface area contributed by atoms with Gasteiger partial charge in [-0.3, -0.25) is 4.79 Å². The van der Waals surface area contributed by atoms with Gasteiger partial charge < -0.3 is 15.1 Å². The van der Waals surface area contributed by atoms with Crippen LogP contribution < -0.4 is 15.1 Å². The highest BCUT2D eigenvalue weighted by Crippen LogP contribution is 2.18. The molecule has 0 spiro atoms. The van der Waals surface area contributed by atoms with Crippen molar-refractivity contribution in [1.29, 1.82) is 0 Å². The molecule has 23 heavy (non-hydrogen) atoms. The molecule has 1 aliphatic rings. The highest BCUT2D eigenvalue weighted by Gasteiger charge is 2.16. The molecule has 0 aromatic heterocycles. The fourth-order valence-electron chi connectivity index (χ4n) is 2.89. The lowest BCUT2D eigenvalue weighted by molar-refractivity contribution is -0.880. The molecule has 4 nitrogen and oxygen atoms in total. The summed E-state index contributed by atoms with van der Waals surface area (Å²) >= 11 is 0. The van der Waals surface area contributed by atoms with Crippen LogP contribution in [0, 0.1) is 0 Å². The van der Waals surface area contributed by atoms with Crippen LogP contribution in [0.3, 0.4) is 0 Å². The lowest BCUT2D eigenvalue weighted by atomic mass is 10.1. The normalized spacial score (nSPS) is 15.4. The second-order valence-electron chi connectivity index (χ2n) is 6.20. The molecule has 2 aromatic rings. The van der Waals surface area contributed by atoms with E-state index in [0.717, 1.165) is 24.3 Å². The lowest BCUT2D eigenvalue weighted by Crippen LogP contribution is -3.12. The minimum Gasteiger partial charge on any atom is -0.360 e. The van der Waals surface area contributed by atoms with Gasteiger partial charge >= 0.3 is 0 Å². The first-order valence-corrected chi connectivity index (χ1v) is 8.21. The molecule has 0 unspecified atom stereocenters. The summed E-state index contributed by atoms with van der Waals surface area (Å²) in [5.41, 5.74) is 3.12. The Morgan fingerprint density at radius 2 is 1.70 bits per heavy atom. The summed E-state index contributed by atoms with van der Waals surface area (Å²) in [6.45, 7) is 4.53. The number of amides is 1. The van der Waals surface area contributed by atoms with Crippen LogP contribution in [-0.4, -0.2) is 39.1 Å². The van der Waals surface area contributed by atoms with E-state index in [4.69, 9.17) is 0 Å². The smallest absolute Gasteiger partial charge is 0.228 e. The van der Waals surface area contributed by atoms with E-state index in [1.54, 1.807) is 4.90 Å². The molecule has 0 atom stereocenters. The number of hydrogen-bond acceptors (Lipinski definition) is 2. The van der Waals surface area contributed by atoms with E-state index < -0.39 is 0 Å². The molecule has 0 saturated carbocycles. The molecule has 2 N–H and O–H groups in total. The van der Waals surface area contributed by atoms with Gasteiger partial charge in [-0.15, -0.1) is 0 Å². The molecule has 0 radical (unpaired) electrons. The van der Waals surface area contributed by atoms with Crippen LogP contribution >= 0.6 is 0 Å². The van der Waals surface area contributed by atoms with Crippen LogP contribution in [0.1, 0.15) is 5.56 Å². The number of piperazine rings is 1. The maximum Gasteiger partial charge on any atom is 0.228 e. The third-order valence-electron chi connectivity index (χ3n) is 4.34. The number of likely N-dealkylation sites (N-methyl/N-ethyl adjacent to an activating group) is 1. The minimum atomic E-state index is 0.0205. The Hall–Kier alpha value is -2.33. The van der Waals surface area contributed by atoms with Gasteiger partial charge in [-0.2, -0.15) is 0 Å². The molecular weight excluding hydrogens is 286 g/mol. The predicted molar refractivity (Wildman–Crippen MR) is 94.1 cm³/mol. The predicted octanol–water partition coefficient (Wildman–Crippen LogP) is 1.20. The van der Waals surface area contributed by atoms with Crippen LogP contribution in [0.2, 0.25) is 0 Å². The Kier molecular flexibility index (Phi) is 4.93. The molecule has 120 valence electrons. The van der Waals surface area contributed by atoms with Crippen molar-refractivity contribution in [2.45, 2.75) is 6.42 Å². The van der Waals surface area contributed by atoms with Gasteiger partial charge in [0.25, 0.3) is 0 Å². The van der Waals surface area contributed by atoms with Crippen molar-refractivity contribution in [3.63, 3.8) is 0 Å². The first kappa shape index (κ1) is 15.6. The molecule has 1 aliphatic heterocycles. The van der Waals surface area contributed by atoms with Crippen molar-refractivity contribution in [1.82, 2.24) is 0 Å². The quantitative estimate of drug-likeness (QED) is 0.890. The Bertz CT molecular complexity index is 631. The molecule has 1 fully saturated rings. The van der Waals surface area contributed by atoms with E-state index in [9.17, 15) is 4.79 Å². The Morgan fingerprint density at radius 1 is 1.04 bits per heavy atom. The summed E-state index contributed by atoms with van der Waals surface area (Å²) in [5.74, 6) is 0.0205. The zero-order valence-corrected chi connectivity index (χ0v) is 13.6. The first-order chi connectivity index (χ1) is 11.2. The summed E-state index contributed by atoms with van der Waals surface area (Å²) in [6, 6.07) is 18.0. The molecule has 2 aromatic carbocycles. The van der Waals surface area contributed by atoms with Crippen LogP contribution in [0.4, 0.5) is 11.4 Å². The second-order valence-corrected chi connectivity index (χ2v) is 6.20. The van der Waals surface area contributed by atoms with Gasteiger partial charge in [0.2, 0.25) is 5.91 Å². The van der Waals surface area contributed by atoms with Crippen molar-refractivity contribution in [3.8, 4) is 0 Å². The topological polar surface area (TPSA) is 36.8 Å². The van der Waals surface area contributed by atoms with E-state index in [1.807, 2.05) is 42.5 Å². The van der Waals surface area contributed by atoms with E-state index >= 15 is 0 Å². The van der Waals surface area contributed by atoms with Gasteiger partial charge in [0.1, 0.15) is 0 Å². The number of quaternary nitrogens is 1. The number of nitrogens with zero attached hydrogens (tertiary/aromatic N) is 1. The third kappa shape index (κ3) is 4.33. The second kappa shape index (κ2) is 7.29.